The van der Waals surface area contributed by atoms with Gasteiger partial charge in [-0.05, 0) is 49.4 Å². The molecule has 0 aromatic rings. The maximum absolute atomic E-state index is 11.3. The average molecular weight is 214 g/mol. The van der Waals surface area contributed by atoms with Gasteiger partial charge in [0.25, 0.3) is 0 Å². The highest BCUT2D eigenvalue weighted by Crippen LogP contribution is 2.57. The third-order valence-corrected chi connectivity index (χ3v) is 4.75. The van der Waals surface area contributed by atoms with E-state index < -0.39 is 0 Å². The van der Waals surface area contributed by atoms with Crippen molar-refractivity contribution in [2.24, 2.45) is 23.7 Å². The quantitative estimate of drug-likeness (QED) is 0.697. The maximum Gasteiger partial charge on any atom is 0.235 e. The van der Waals surface area contributed by atoms with Crippen molar-refractivity contribution in [3.8, 4) is 0 Å². The van der Waals surface area contributed by atoms with Gasteiger partial charge in [0.05, 0.1) is 0 Å². The number of alkyl halides is 1. The van der Waals surface area contributed by atoms with Gasteiger partial charge in [-0.1, -0.05) is 0 Å². The van der Waals surface area contributed by atoms with E-state index in [0.717, 1.165) is 23.7 Å². The van der Waals surface area contributed by atoms with E-state index in [1.54, 1.807) is 0 Å². The fourth-order valence-corrected chi connectivity index (χ4v) is 4.26. The summed E-state index contributed by atoms with van der Waals surface area (Å²) in [5, 5.41) is 3.12. The molecule has 4 aliphatic carbocycles. The van der Waals surface area contributed by atoms with Gasteiger partial charge in [-0.2, -0.15) is 0 Å². The van der Waals surface area contributed by atoms with Gasteiger partial charge in [-0.3, -0.25) is 4.79 Å². The predicted molar refractivity (Wildman–Crippen MR) is 55.1 cm³/mol. The average Bonchev–Trinajstić information content (AvgIpc) is 2.59. The minimum atomic E-state index is 0.0210. The van der Waals surface area contributed by atoms with Crippen LogP contribution in [0.5, 0.6) is 0 Å². The second-order valence-electron chi connectivity index (χ2n) is 5.22. The van der Waals surface area contributed by atoms with Crippen molar-refractivity contribution in [3.05, 3.63) is 0 Å². The van der Waals surface area contributed by atoms with Gasteiger partial charge in [-0.15, -0.1) is 11.6 Å². The zero-order chi connectivity index (χ0) is 9.71. The van der Waals surface area contributed by atoms with E-state index >= 15 is 0 Å². The van der Waals surface area contributed by atoms with Crippen LogP contribution in [0.1, 0.15) is 25.7 Å². The molecule has 14 heavy (non-hydrogen) atoms. The Morgan fingerprint density at radius 1 is 1.21 bits per heavy atom. The summed E-state index contributed by atoms with van der Waals surface area (Å²) in [6.07, 6.45) is 5.48. The van der Waals surface area contributed by atoms with Crippen LogP contribution in [0.15, 0.2) is 0 Å². The summed E-state index contributed by atoms with van der Waals surface area (Å²) in [6.45, 7) is 0. The van der Waals surface area contributed by atoms with E-state index in [0.29, 0.717) is 6.04 Å². The molecule has 0 radical (unpaired) electrons. The first-order valence-electron chi connectivity index (χ1n) is 5.63. The Labute approximate surface area is 89.4 Å². The lowest BCUT2D eigenvalue weighted by molar-refractivity contribution is -0.120. The van der Waals surface area contributed by atoms with Crippen LogP contribution >= 0.6 is 11.6 Å². The third-order valence-electron chi connectivity index (χ3n) is 4.51. The third kappa shape index (κ3) is 1.19. The van der Waals surface area contributed by atoms with Crippen LogP contribution < -0.4 is 5.32 Å². The zero-order valence-corrected chi connectivity index (χ0v) is 8.96. The van der Waals surface area contributed by atoms with E-state index in [1.165, 1.54) is 25.7 Å². The maximum atomic E-state index is 11.3. The summed E-state index contributed by atoms with van der Waals surface area (Å²) in [5.74, 6) is 3.58. The Kier molecular flexibility index (Phi) is 2.01. The minimum absolute atomic E-state index is 0.0210. The molecule has 78 valence electrons. The number of rotatable bonds is 2. The number of carbonyl (C=O) groups excluding carboxylic acids is 1. The molecule has 4 bridgehead atoms. The first kappa shape index (κ1) is 9.02. The molecule has 4 aliphatic rings. The number of halogens is 1. The zero-order valence-electron chi connectivity index (χ0n) is 8.21. The molecule has 0 heterocycles. The fraction of sp³-hybridized carbons (Fsp3) is 0.909. The highest BCUT2D eigenvalue weighted by Gasteiger charge is 2.53. The van der Waals surface area contributed by atoms with Crippen molar-refractivity contribution >= 4 is 17.5 Å². The molecular weight excluding hydrogens is 198 g/mol. The van der Waals surface area contributed by atoms with E-state index in [1.807, 2.05) is 0 Å². The van der Waals surface area contributed by atoms with Crippen LogP contribution in [0, 0.1) is 23.7 Å². The van der Waals surface area contributed by atoms with Crippen molar-refractivity contribution < 1.29 is 4.79 Å². The van der Waals surface area contributed by atoms with Gasteiger partial charge >= 0.3 is 0 Å². The topological polar surface area (TPSA) is 29.1 Å². The van der Waals surface area contributed by atoms with Crippen molar-refractivity contribution in [2.75, 3.05) is 5.88 Å². The number of nitrogens with one attached hydrogen (secondary N) is 1. The van der Waals surface area contributed by atoms with Crippen LogP contribution in [0.3, 0.4) is 0 Å². The van der Waals surface area contributed by atoms with Crippen molar-refractivity contribution in [3.63, 3.8) is 0 Å². The number of hydrogen-bond donors (Lipinski definition) is 1. The summed E-state index contributed by atoms with van der Waals surface area (Å²) in [4.78, 5) is 11.3. The lowest BCUT2D eigenvalue weighted by atomic mass is 9.79. The molecule has 0 saturated heterocycles. The fourth-order valence-electron chi connectivity index (χ4n) is 4.19. The molecule has 0 aliphatic heterocycles. The first-order chi connectivity index (χ1) is 6.78. The van der Waals surface area contributed by atoms with Gasteiger partial charge in [0.2, 0.25) is 5.91 Å². The highest BCUT2D eigenvalue weighted by atomic mass is 35.5. The molecule has 5 unspecified atom stereocenters. The molecule has 0 aromatic carbocycles. The molecule has 1 amide bonds. The second-order valence-corrected chi connectivity index (χ2v) is 5.49. The monoisotopic (exact) mass is 213 g/mol. The van der Waals surface area contributed by atoms with Crippen molar-refractivity contribution in [1.29, 1.82) is 0 Å². The molecular formula is C11H16ClNO. The predicted octanol–water partition coefficient (Wildman–Crippen LogP) is 1.78. The molecule has 4 rings (SSSR count). The van der Waals surface area contributed by atoms with Gasteiger partial charge in [0.1, 0.15) is 5.88 Å². The Balaban J connectivity index is 1.73. The summed E-state index contributed by atoms with van der Waals surface area (Å²) < 4.78 is 0. The SMILES string of the molecule is O=C(CCl)NC1C2CC3CC(C2)C1C3. The Morgan fingerprint density at radius 2 is 2.00 bits per heavy atom. The molecule has 1 N–H and O–H groups in total. The van der Waals surface area contributed by atoms with Gasteiger partial charge in [0, 0.05) is 6.04 Å². The molecule has 3 heteroatoms. The normalized spacial score (nSPS) is 48.5. The molecule has 4 fully saturated rings. The summed E-state index contributed by atoms with van der Waals surface area (Å²) >= 11 is 5.52. The molecule has 0 spiro atoms. The van der Waals surface area contributed by atoms with E-state index in [-0.39, 0.29) is 11.8 Å². The van der Waals surface area contributed by atoms with Gasteiger partial charge < -0.3 is 5.32 Å². The van der Waals surface area contributed by atoms with Crippen LogP contribution in [-0.2, 0) is 4.79 Å². The highest BCUT2D eigenvalue weighted by molar-refractivity contribution is 6.27. The van der Waals surface area contributed by atoms with E-state index in [4.69, 9.17) is 11.6 Å². The largest absolute Gasteiger partial charge is 0.352 e. The lowest BCUT2D eigenvalue weighted by Gasteiger charge is -2.32. The minimum Gasteiger partial charge on any atom is -0.352 e. The number of carbonyl (C=O) groups is 1. The first-order valence-corrected chi connectivity index (χ1v) is 6.16. The Bertz CT molecular complexity index is 264. The van der Waals surface area contributed by atoms with Crippen molar-refractivity contribution in [2.45, 2.75) is 31.7 Å². The number of hydrogen-bond acceptors (Lipinski definition) is 1. The second kappa shape index (κ2) is 3.13. The van der Waals surface area contributed by atoms with E-state index in [2.05, 4.69) is 5.32 Å². The smallest absolute Gasteiger partial charge is 0.235 e. The molecule has 0 aromatic heterocycles. The van der Waals surface area contributed by atoms with Crippen LogP contribution in [0.4, 0.5) is 0 Å². The standard InChI is InChI=1S/C11H16ClNO/c12-5-10(14)13-11-8-2-6-1-7(4-8)9(11)3-6/h6-9,11H,1-5H2,(H,13,14). The van der Waals surface area contributed by atoms with Crippen molar-refractivity contribution in [1.82, 2.24) is 5.32 Å². The summed E-state index contributed by atoms with van der Waals surface area (Å²) in [6, 6.07) is 0.463. The summed E-state index contributed by atoms with van der Waals surface area (Å²) in [5.41, 5.74) is 0. The molecule has 2 nitrogen and oxygen atoms in total. The molecule has 5 atom stereocenters. The van der Waals surface area contributed by atoms with Gasteiger partial charge in [-0.25, -0.2) is 0 Å². The van der Waals surface area contributed by atoms with Crippen LogP contribution in [-0.4, -0.2) is 17.8 Å². The summed E-state index contributed by atoms with van der Waals surface area (Å²) in [7, 11) is 0. The van der Waals surface area contributed by atoms with Gasteiger partial charge in [0.15, 0.2) is 0 Å². The van der Waals surface area contributed by atoms with Crippen LogP contribution in [0.2, 0.25) is 0 Å². The van der Waals surface area contributed by atoms with Crippen LogP contribution in [0.25, 0.3) is 0 Å². The Morgan fingerprint density at radius 3 is 2.71 bits per heavy atom. The number of amides is 1. The van der Waals surface area contributed by atoms with E-state index in [9.17, 15) is 4.79 Å². The Hall–Kier alpha value is -0.240. The lowest BCUT2D eigenvalue weighted by Crippen LogP contribution is -2.44. The molecule has 4 saturated carbocycles.